The first-order valence-electron chi connectivity index (χ1n) is 6.91. The van der Waals surface area contributed by atoms with E-state index in [1.54, 1.807) is 0 Å². The lowest BCUT2D eigenvalue weighted by atomic mass is 9.50. The summed E-state index contributed by atoms with van der Waals surface area (Å²) in [5.74, 6) is 1.39. The van der Waals surface area contributed by atoms with Crippen LogP contribution in [0.15, 0.2) is 0 Å². The maximum Gasteiger partial charge on any atom is 0.139 e. The maximum absolute atomic E-state index is 12.2. The zero-order chi connectivity index (χ0) is 11.6. The summed E-state index contributed by atoms with van der Waals surface area (Å²) < 4.78 is 0. The molecule has 0 N–H and O–H groups in total. The molecule has 3 atom stereocenters. The Kier molecular flexibility index (Phi) is 1.97. The van der Waals surface area contributed by atoms with Gasteiger partial charge >= 0.3 is 0 Å². The molecule has 90 valence electrons. The van der Waals surface area contributed by atoms with Crippen molar-refractivity contribution in [3.63, 3.8) is 0 Å². The lowest BCUT2D eigenvalue weighted by Crippen LogP contribution is -2.45. The second kappa shape index (κ2) is 2.91. The standard InChI is InChI=1S/C15H24O/c1-13(2)6-4-7-15-9-12(16)14(3,10-15)8-5-11(13)15/h11H,4-10H2,1-3H3/t11-,14+,15+/m0/s1. The molecule has 1 spiro atoms. The van der Waals surface area contributed by atoms with Crippen molar-refractivity contribution in [1.82, 2.24) is 0 Å². The molecule has 0 amide bonds. The summed E-state index contributed by atoms with van der Waals surface area (Å²) in [6.45, 7) is 7.09. The number of carbonyl (C=O) groups excluding carboxylic acids is 1. The molecular formula is C15H24O. The van der Waals surface area contributed by atoms with E-state index in [2.05, 4.69) is 20.8 Å². The monoisotopic (exact) mass is 220 g/mol. The first-order valence-corrected chi connectivity index (χ1v) is 6.91. The van der Waals surface area contributed by atoms with Gasteiger partial charge < -0.3 is 0 Å². The van der Waals surface area contributed by atoms with Crippen LogP contribution in [0.2, 0.25) is 0 Å². The Morgan fingerprint density at radius 2 is 1.88 bits per heavy atom. The minimum Gasteiger partial charge on any atom is -0.299 e. The van der Waals surface area contributed by atoms with Crippen LogP contribution in [0.3, 0.4) is 0 Å². The highest BCUT2D eigenvalue weighted by Crippen LogP contribution is 2.67. The highest BCUT2D eigenvalue weighted by Gasteiger charge is 2.61. The third-order valence-electron chi connectivity index (χ3n) is 6.09. The van der Waals surface area contributed by atoms with Crippen LogP contribution < -0.4 is 0 Å². The van der Waals surface area contributed by atoms with Crippen LogP contribution in [-0.2, 0) is 4.79 Å². The number of Topliss-reactive ketones (excluding diaryl/α,β-unsaturated/α-hetero) is 1. The molecule has 0 aromatic rings. The van der Waals surface area contributed by atoms with Crippen LogP contribution in [0.25, 0.3) is 0 Å². The van der Waals surface area contributed by atoms with E-state index in [9.17, 15) is 4.79 Å². The van der Waals surface area contributed by atoms with Crippen molar-refractivity contribution in [3.05, 3.63) is 0 Å². The zero-order valence-electron chi connectivity index (χ0n) is 10.9. The molecule has 3 saturated carbocycles. The molecule has 3 rings (SSSR count). The van der Waals surface area contributed by atoms with E-state index < -0.39 is 0 Å². The first kappa shape index (κ1) is 10.8. The van der Waals surface area contributed by atoms with Gasteiger partial charge in [0.2, 0.25) is 0 Å². The van der Waals surface area contributed by atoms with Gasteiger partial charge in [-0.2, -0.15) is 0 Å². The number of fused-ring (bicyclic) bond motifs is 1. The lowest BCUT2D eigenvalue weighted by molar-refractivity contribution is -0.125. The number of ketones is 1. The lowest BCUT2D eigenvalue weighted by Gasteiger charge is -2.54. The SMILES string of the molecule is CC1(C)CCC[C@]23CC(=O)[C@](C)(CC[C@@H]12)C3. The molecule has 0 aliphatic heterocycles. The molecule has 1 nitrogen and oxygen atoms in total. The van der Waals surface area contributed by atoms with E-state index in [0.717, 1.165) is 18.8 Å². The Hall–Kier alpha value is -0.330. The summed E-state index contributed by atoms with van der Waals surface area (Å²) in [7, 11) is 0. The number of rotatable bonds is 0. The quantitative estimate of drug-likeness (QED) is 0.604. The smallest absolute Gasteiger partial charge is 0.139 e. The van der Waals surface area contributed by atoms with Crippen molar-refractivity contribution in [2.75, 3.05) is 0 Å². The van der Waals surface area contributed by atoms with Crippen molar-refractivity contribution in [3.8, 4) is 0 Å². The Morgan fingerprint density at radius 3 is 2.62 bits per heavy atom. The summed E-state index contributed by atoms with van der Waals surface area (Å²) >= 11 is 0. The predicted molar refractivity (Wildman–Crippen MR) is 65.1 cm³/mol. The molecule has 3 aliphatic carbocycles. The second-order valence-electron chi connectivity index (χ2n) is 7.63. The fourth-order valence-electron chi connectivity index (χ4n) is 5.36. The molecule has 16 heavy (non-hydrogen) atoms. The Balaban J connectivity index is 2.01. The molecule has 2 bridgehead atoms. The molecule has 0 saturated heterocycles. The van der Waals surface area contributed by atoms with Crippen LogP contribution in [-0.4, -0.2) is 5.78 Å². The fraction of sp³-hybridized carbons (Fsp3) is 0.933. The van der Waals surface area contributed by atoms with Gasteiger partial charge in [0.05, 0.1) is 0 Å². The second-order valence-corrected chi connectivity index (χ2v) is 7.63. The van der Waals surface area contributed by atoms with Gasteiger partial charge in [-0.3, -0.25) is 4.79 Å². The molecule has 0 heterocycles. The highest BCUT2D eigenvalue weighted by molar-refractivity contribution is 5.88. The van der Waals surface area contributed by atoms with Gasteiger partial charge in [-0.1, -0.05) is 27.2 Å². The molecule has 0 radical (unpaired) electrons. The Bertz CT molecular complexity index is 343. The minimum atomic E-state index is 0.0594. The predicted octanol–water partition coefficient (Wildman–Crippen LogP) is 3.96. The maximum atomic E-state index is 12.2. The Labute approximate surface area is 99.0 Å². The average molecular weight is 220 g/mol. The van der Waals surface area contributed by atoms with Gasteiger partial charge in [0.25, 0.3) is 0 Å². The van der Waals surface area contributed by atoms with E-state index >= 15 is 0 Å². The number of hydrogen-bond acceptors (Lipinski definition) is 1. The van der Waals surface area contributed by atoms with E-state index in [1.807, 2.05) is 0 Å². The topological polar surface area (TPSA) is 17.1 Å². The number of hydrogen-bond donors (Lipinski definition) is 0. The van der Waals surface area contributed by atoms with Gasteiger partial charge in [-0.05, 0) is 48.9 Å². The van der Waals surface area contributed by atoms with Crippen LogP contribution in [0.5, 0.6) is 0 Å². The summed E-state index contributed by atoms with van der Waals surface area (Å²) in [5.41, 5.74) is 0.944. The molecule has 1 heteroatoms. The van der Waals surface area contributed by atoms with Gasteiger partial charge in [-0.15, -0.1) is 0 Å². The number of carbonyl (C=O) groups is 1. The van der Waals surface area contributed by atoms with Crippen LogP contribution in [0.4, 0.5) is 0 Å². The third-order valence-corrected chi connectivity index (χ3v) is 6.09. The van der Waals surface area contributed by atoms with Crippen molar-refractivity contribution in [1.29, 1.82) is 0 Å². The minimum absolute atomic E-state index is 0.0594. The van der Waals surface area contributed by atoms with Crippen molar-refractivity contribution < 1.29 is 4.79 Å². The van der Waals surface area contributed by atoms with E-state index in [0.29, 0.717) is 16.6 Å². The van der Waals surface area contributed by atoms with Crippen LogP contribution in [0, 0.1) is 22.2 Å². The van der Waals surface area contributed by atoms with E-state index in [1.165, 1.54) is 32.1 Å². The van der Waals surface area contributed by atoms with Gasteiger partial charge in [-0.25, -0.2) is 0 Å². The average Bonchev–Trinajstić information content (AvgIpc) is 2.32. The van der Waals surface area contributed by atoms with Crippen molar-refractivity contribution >= 4 is 5.78 Å². The molecule has 0 aromatic carbocycles. The van der Waals surface area contributed by atoms with Crippen LogP contribution in [0.1, 0.15) is 65.7 Å². The third kappa shape index (κ3) is 1.21. The summed E-state index contributed by atoms with van der Waals surface area (Å²) in [6, 6.07) is 0. The van der Waals surface area contributed by atoms with E-state index in [-0.39, 0.29) is 5.41 Å². The normalized spacial score (nSPS) is 50.2. The highest BCUT2D eigenvalue weighted by atomic mass is 16.1. The molecule has 3 aliphatic rings. The Morgan fingerprint density at radius 1 is 1.12 bits per heavy atom. The zero-order valence-corrected chi connectivity index (χ0v) is 10.9. The molecule has 3 fully saturated rings. The largest absolute Gasteiger partial charge is 0.299 e. The summed E-state index contributed by atoms with van der Waals surface area (Å²) in [4.78, 5) is 12.2. The first-order chi connectivity index (χ1) is 7.38. The van der Waals surface area contributed by atoms with Gasteiger partial charge in [0.1, 0.15) is 5.78 Å². The van der Waals surface area contributed by atoms with Gasteiger partial charge in [0, 0.05) is 11.8 Å². The van der Waals surface area contributed by atoms with Crippen molar-refractivity contribution in [2.45, 2.75) is 65.7 Å². The fourth-order valence-corrected chi connectivity index (χ4v) is 5.36. The molecule has 0 unspecified atom stereocenters. The van der Waals surface area contributed by atoms with E-state index in [4.69, 9.17) is 0 Å². The van der Waals surface area contributed by atoms with Gasteiger partial charge in [0.15, 0.2) is 0 Å². The summed E-state index contributed by atoms with van der Waals surface area (Å²) in [5, 5.41) is 0. The summed E-state index contributed by atoms with van der Waals surface area (Å²) in [6.07, 6.45) is 8.58. The molecule has 0 aromatic heterocycles. The molecular weight excluding hydrogens is 196 g/mol. The van der Waals surface area contributed by atoms with Crippen molar-refractivity contribution in [2.24, 2.45) is 22.2 Å². The van der Waals surface area contributed by atoms with Crippen LogP contribution >= 0.6 is 0 Å².